The molecule has 0 spiro atoms. The quantitative estimate of drug-likeness (QED) is 0.351. The van der Waals surface area contributed by atoms with Crippen LogP contribution < -0.4 is 0 Å². The number of carbonyl (C=O) groups excluding carboxylic acids is 3. The van der Waals surface area contributed by atoms with E-state index < -0.39 is 28.5 Å². The highest BCUT2D eigenvalue weighted by molar-refractivity contribution is 6.27. The number of carbonyl (C=O) groups is 3. The van der Waals surface area contributed by atoms with Gasteiger partial charge >= 0.3 is 0 Å². The Morgan fingerprint density at radius 2 is 1.41 bits per heavy atom. The van der Waals surface area contributed by atoms with Gasteiger partial charge in [0.25, 0.3) is 5.69 Å². The lowest BCUT2D eigenvalue weighted by Crippen LogP contribution is -2.28. The van der Waals surface area contributed by atoms with E-state index in [4.69, 9.17) is 4.74 Å². The van der Waals surface area contributed by atoms with Gasteiger partial charge in [0.05, 0.1) is 16.4 Å². The second-order valence-electron chi connectivity index (χ2n) is 7.54. The average molecular weight is 425 g/mol. The predicted molar refractivity (Wildman–Crippen MR) is 114 cm³/mol. The summed E-state index contributed by atoms with van der Waals surface area (Å²) in [6.07, 6.45) is -1.15. The molecule has 0 saturated carbocycles. The second kappa shape index (κ2) is 7.39. The fourth-order valence-electron chi connectivity index (χ4n) is 4.24. The summed E-state index contributed by atoms with van der Waals surface area (Å²) in [4.78, 5) is 50.3. The van der Waals surface area contributed by atoms with Crippen molar-refractivity contribution in [2.24, 2.45) is 0 Å². The van der Waals surface area contributed by atoms with Crippen LogP contribution in [0, 0.1) is 10.1 Å². The van der Waals surface area contributed by atoms with E-state index >= 15 is 0 Å². The van der Waals surface area contributed by atoms with Crippen LogP contribution in [0.4, 0.5) is 5.69 Å². The van der Waals surface area contributed by atoms with Gasteiger partial charge in [-0.25, -0.2) is 0 Å². The lowest BCUT2D eigenvalue weighted by Gasteiger charge is -2.20. The Labute approximate surface area is 182 Å². The van der Waals surface area contributed by atoms with Crippen molar-refractivity contribution in [3.05, 3.63) is 123 Å². The normalized spacial score (nSPS) is 19.2. The Balaban J connectivity index is 1.61. The van der Waals surface area contributed by atoms with Crippen molar-refractivity contribution in [3.8, 4) is 0 Å². The molecule has 2 atom stereocenters. The van der Waals surface area contributed by atoms with Crippen molar-refractivity contribution in [3.63, 3.8) is 0 Å². The highest BCUT2D eigenvalue weighted by Crippen LogP contribution is 2.45. The summed E-state index contributed by atoms with van der Waals surface area (Å²) in [7, 11) is 0. The maximum Gasteiger partial charge on any atom is 0.269 e. The summed E-state index contributed by atoms with van der Waals surface area (Å²) < 4.78 is 5.89. The van der Waals surface area contributed by atoms with E-state index in [9.17, 15) is 24.5 Å². The summed E-state index contributed by atoms with van der Waals surface area (Å²) in [5.41, 5.74) is 1.40. The van der Waals surface area contributed by atoms with Crippen molar-refractivity contribution in [1.29, 1.82) is 0 Å². The molecular weight excluding hydrogens is 410 g/mol. The standard InChI is InChI=1S/C25H15NO6/c27-21(15-10-12-16(13-11-15)26(30)31)24-19(14-6-2-1-3-7-14)20-22(28)17-8-4-5-9-18(17)23(29)25(20)32-24/h1-13,19,24H/t19-,24-/m1/s1. The van der Waals surface area contributed by atoms with E-state index in [-0.39, 0.29) is 39.5 Å². The summed E-state index contributed by atoms with van der Waals surface area (Å²) in [5.74, 6) is -2.13. The number of Topliss-reactive ketones (excluding diaryl/α,β-unsaturated/α-hetero) is 3. The topological polar surface area (TPSA) is 104 Å². The molecule has 0 unspecified atom stereocenters. The Morgan fingerprint density at radius 3 is 2.03 bits per heavy atom. The van der Waals surface area contributed by atoms with Crippen molar-refractivity contribution < 1.29 is 24.0 Å². The fourth-order valence-corrected chi connectivity index (χ4v) is 4.24. The average Bonchev–Trinajstić information content (AvgIpc) is 3.24. The molecule has 0 aromatic heterocycles. The molecule has 0 bridgehead atoms. The van der Waals surface area contributed by atoms with Crippen LogP contribution in [0.5, 0.6) is 0 Å². The number of ether oxygens (including phenoxy) is 1. The van der Waals surface area contributed by atoms with Crippen LogP contribution in [0.2, 0.25) is 0 Å². The van der Waals surface area contributed by atoms with Crippen LogP contribution in [0.1, 0.15) is 42.6 Å². The summed E-state index contributed by atoms with van der Waals surface area (Å²) in [5, 5.41) is 10.9. The number of nitro groups is 1. The summed E-state index contributed by atoms with van der Waals surface area (Å²) >= 11 is 0. The number of ketones is 3. The molecule has 0 radical (unpaired) electrons. The van der Waals surface area contributed by atoms with Crippen LogP contribution in [0.25, 0.3) is 0 Å². The van der Waals surface area contributed by atoms with E-state index in [1.807, 2.05) is 6.07 Å². The number of benzene rings is 3. The minimum absolute atomic E-state index is 0.109. The van der Waals surface area contributed by atoms with Gasteiger partial charge in [-0.05, 0) is 17.7 Å². The highest BCUT2D eigenvalue weighted by atomic mass is 16.6. The van der Waals surface area contributed by atoms with Gasteiger partial charge in [-0.1, -0.05) is 54.6 Å². The second-order valence-corrected chi connectivity index (χ2v) is 7.54. The van der Waals surface area contributed by atoms with E-state index in [0.717, 1.165) is 0 Å². The number of allylic oxidation sites excluding steroid dienone is 1. The molecule has 0 N–H and O–H groups in total. The first-order valence-electron chi connectivity index (χ1n) is 9.90. The maximum absolute atomic E-state index is 13.4. The first-order chi connectivity index (χ1) is 15.5. The van der Waals surface area contributed by atoms with E-state index in [2.05, 4.69) is 0 Å². The number of nitrogens with zero attached hydrogens (tertiary/aromatic N) is 1. The molecule has 1 heterocycles. The number of fused-ring (bicyclic) bond motifs is 1. The molecule has 5 rings (SSSR count). The molecule has 0 amide bonds. The van der Waals surface area contributed by atoms with Crippen LogP contribution >= 0.6 is 0 Å². The molecular formula is C25H15NO6. The minimum Gasteiger partial charge on any atom is -0.477 e. The Kier molecular flexibility index (Phi) is 4.52. The Morgan fingerprint density at radius 1 is 0.812 bits per heavy atom. The minimum atomic E-state index is -1.15. The lowest BCUT2D eigenvalue weighted by molar-refractivity contribution is -0.384. The zero-order valence-electron chi connectivity index (χ0n) is 16.6. The van der Waals surface area contributed by atoms with E-state index in [0.29, 0.717) is 5.56 Å². The molecule has 0 fully saturated rings. The highest BCUT2D eigenvalue weighted by Gasteiger charge is 2.50. The van der Waals surface area contributed by atoms with Crippen molar-refractivity contribution in [2.45, 2.75) is 12.0 Å². The van der Waals surface area contributed by atoms with Gasteiger partial charge < -0.3 is 4.74 Å². The molecule has 156 valence electrons. The zero-order valence-corrected chi connectivity index (χ0v) is 16.6. The Hall–Kier alpha value is -4.39. The number of hydrogen-bond acceptors (Lipinski definition) is 6. The Bertz CT molecular complexity index is 1320. The lowest BCUT2D eigenvalue weighted by atomic mass is 9.78. The third kappa shape index (κ3) is 2.94. The molecule has 7 nitrogen and oxygen atoms in total. The molecule has 3 aromatic rings. The summed E-state index contributed by atoms with van der Waals surface area (Å²) in [6.45, 7) is 0. The van der Waals surface area contributed by atoms with Crippen molar-refractivity contribution in [2.75, 3.05) is 0 Å². The van der Waals surface area contributed by atoms with Crippen molar-refractivity contribution in [1.82, 2.24) is 0 Å². The zero-order chi connectivity index (χ0) is 22.4. The van der Waals surface area contributed by atoms with E-state index in [1.54, 1.807) is 48.5 Å². The van der Waals surface area contributed by atoms with Crippen molar-refractivity contribution >= 4 is 23.0 Å². The maximum atomic E-state index is 13.4. The van der Waals surface area contributed by atoms with Gasteiger partial charge in [-0.2, -0.15) is 0 Å². The van der Waals surface area contributed by atoms with Gasteiger partial charge in [-0.15, -0.1) is 0 Å². The molecule has 1 aliphatic heterocycles. The molecule has 32 heavy (non-hydrogen) atoms. The number of rotatable bonds is 4. The molecule has 3 aromatic carbocycles. The SMILES string of the molecule is O=C1C2=C(C(=O)c3ccccc31)[C@@H](c1ccccc1)[C@H](C(=O)c1ccc([N+](=O)[O-])cc1)O2. The smallest absolute Gasteiger partial charge is 0.269 e. The summed E-state index contributed by atoms with van der Waals surface area (Å²) in [6, 6.07) is 20.6. The van der Waals surface area contributed by atoms with Gasteiger partial charge in [0.2, 0.25) is 11.6 Å². The molecule has 7 heteroatoms. The molecule has 2 aliphatic rings. The first kappa shape index (κ1) is 19.6. The third-order valence-electron chi connectivity index (χ3n) is 5.75. The van der Waals surface area contributed by atoms with Crippen LogP contribution in [0.3, 0.4) is 0 Å². The molecule has 1 aliphatic carbocycles. The number of hydrogen-bond donors (Lipinski definition) is 0. The number of nitro benzene ring substituents is 1. The van der Waals surface area contributed by atoms with Crippen LogP contribution in [-0.4, -0.2) is 28.4 Å². The largest absolute Gasteiger partial charge is 0.477 e. The first-order valence-corrected chi connectivity index (χ1v) is 9.90. The van der Waals surface area contributed by atoms with Gasteiger partial charge in [0.1, 0.15) is 0 Å². The van der Waals surface area contributed by atoms with Gasteiger partial charge in [0.15, 0.2) is 17.6 Å². The number of non-ortho nitro benzene ring substituents is 1. The van der Waals surface area contributed by atoms with Gasteiger partial charge in [-0.3, -0.25) is 24.5 Å². The monoisotopic (exact) mass is 425 g/mol. The van der Waals surface area contributed by atoms with Crippen LogP contribution in [-0.2, 0) is 4.74 Å². The van der Waals surface area contributed by atoms with E-state index in [1.165, 1.54) is 24.3 Å². The fraction of sp³-hybridized carbons (Fsp3) is 0.0800. The predicted octanol–water partition coefficient (Wildman–Crippen LogP) is 4.29. The molecule has 0 saturated heterocycles. The van der Waals surface area contributed by atoms with Gasteiger partial charge in [0, 0.05) is 28.8 Å². The third-order valence-corrected chi connectivity index (χ3v) is 5.75. The van der Waals surface area contributed by atoms with Crippen LogP contribution in [0.15, 0.2) is 90.2 Å².